The zero-order valence-corrected chi connectivity index (χ0v) is 23.4. The van der Waals surface area contributed by atoms with Crippen molar-refractivity contribution in [3.05, 3.63) is 52.7 Å². The maximum Gasteiger partial charge on any atom is 0.416 e. The van der Waals surface area contributed by atoms with Crippen LogP contribution in [0.2, 0.25) is 0 Å². The molecule has 1 aliphatic heterocycles. The number of halogens is 6. The predicted molar refractivity (Wildman–Crippen MR) is 138 cm³/mol. The second kappa shape index (κ2) is 11.6. The van der Waals surface area contributed by atoms with Crippen LogP contribution in [0, 0.1) is 0 Å². The van der Waals surface area contributed by atoms with Gasteiger partial charge in [0.25, 0.3) is 5.95 Å². The SMILES string of the molecule is CC[C@@H]1C[C@H](N(Cc2cc(C(F)(F)F)cc(C(F)(F)F)c2)c2nnn(C)n2)c2nc(OC)ccc2N1C(=O)OC(C)C. The Bertz CT molecular complexity index is 1390. The number of alkyl halides is 6. The molecule has 0 aliphatic carbocycles. The van der Waals surface area contributed by atoms with Crippen molar-refractivity contribution in [2.75, 3.05) is 16.9 Å². The Morgan fingerprint density at radius 3 is 2.24 bits per heavy atom. The van der Waals surface area contributed by atoms with Gasteiger partial charge in [-0.1, -0.05) is 12.0 Å². The summed E-state index contributed by atoms with van der Waals surface area (Å²) in [5, 5.41) is 12.0. The zero-order chi connectivity index (χ0) is 31.0. The van der Waals surface area contributed by atoms with Crippen LogP contribution in [0.25, 0.3) is 0 Å². The van der Waals surface area contributed by atoms with Crippen molar-refractivity contribution in [1.29, 1.82) is 0 Å². The van der Waals surface area contributed by atoms with Gasteiger partial charge in [0.15, 0.2) is 0 Å². The summed E-state index contributed by atoms with van der Waals surface area (Å²) in [6.45, 7) is 4.77. The minimum Gasteiger partial charge on any atom is -0.481 e. The first-order chi connectivity index (χ1) is 19.6. The third-order valence-corrected chi connectivity index (χ3v) is 6.66. The first-order valence-electron chi connectivity index (χ1n) is 13.0. The lowest BCUT2D eigenvalue weighted by atomic mass is 9.92. The molecule has 228 valence electrons. The topological polar surface area (TPSA) is 98.5 Å². The first-order valence-corrected chi connectivity index (χ1v) is 13.0. The van der Waals surface area contributed by atoms with Gasteiger partial charge in [0.05, 0.1) is 48.8 Å². The highest BCUT2D eigenvalue weighted by molar-refractivity contribution is 5.90. The van der Waals surface area contributed by atoms with Crippen molar-refractivity contribution < 1.29 is 40.6 Å². The number of carbonyl (C=O) groups excluding carboxylic acids is 1. The normalized spacial score (nSPS) is 17.3. The molecule has 1 amide bonds. The number of benzene rings is 1. The van der Waals surface area contributed by atoms with Gasteiger partial charge in [0, 0.05) is 18.7 Å². The van der Waals surface area contributed by atoms with Crippen molar-refractivity contribution in [1.82, 2.24) is 25.2 Å². The van der Waals surface area contributed by atoms with Gasteiger partial charge in [-0.2, -0.15) is 31.1 Å². The molecule has 0 spiro atoms. The lowest BCUT2D eigenvalue weighted by Crippen LogP contribution is -2.48. The molecule has 0 saturated carbocycles. The highest BCUT2D eigenvalue weighted by atomic mass is 19.4. The molecule has 0 unspecified atom stereocenters. The van der Waals surface area contributed by atoms with Crippen LogP contribution in [0.4, 0.5) is 42.8 Å². The summed E-state index contributed by atoms with van der Waals surface area (Å²) in [7, 11) is 2.85. The minimum atomic E-state index is -5.03. The number of anilines is 2. The molecule has 0 saturated heterocycles. The minimum absolute atomic E-state index is 0.0582. The average Bonchev–Trinajstić information content (AvgIpc) is 3.34. The van der Waals surface area contributed by atoms with E-state index in [-0.39, 0.29) is 35.6 Å². The van der Waals surface area contributed by atoms with Gasteiger partial charge in [-0.3, -0.25) is 4.90 Å². The van der Waals surface area contributed by atoms with E-state index < -0.39 is 54.3 Å². The van der Waals surface area contributed by atoms with E-state index in [1.807, 2.05) is 6.92 Å². The van der Waals surface area contributed by atoms with E-state index in [1.54, 1.807) is 19.9 Å². The van der Waals surface area contributed by atoms with Crippen LogP contribution in [0.3, 0.4) is 0 Å². The van der Waals surface area contributed by atoms with Crippen LogP contribution in [-0.4, -0.2) is 50.5 Å². The maximum absolute atomic E-state index is 13.6. The molecular formula is C26H29F6N7O3. The Morgan fingerprint density at radius 2 is 1.74 bits per heavy atom. The van der Waals surface area contributed by atoms with Gasteiger partial charge in [-0.25, -0.2) is 9.78 Å². The molecule has 2 atom stereocenters. The molecule has 0 fully saturated rings. The van der Waals surface area contributed by atoms with Crippen LogP contribution in [0.5, 0.6) is 5.88 Å². The lowest BCUT2D eigenvalue weighted by Gasteiger charge is -2.43. The van der Waals surface area contributed by atoms with E-state index in [0.717, 1.165) is 4.80 Å². The average molecular weight is 602 g/mol. The number of methoxy groups -OCH3 is 1. The number of carbonyl (C=O) groups is 1. The zero-order valence-electron chi connectivity index (χ0n) is 23.4. The standard InChI is InChI=1S/C26H29F6N7O3/c1-6-18-12-20(22-19(7-8-21(33-22)41-5)39(18)24(40)42-14(2)3)38(23-34-36-37(4)35-23)13-15-9-16(25(27,28)29)11-17(10-15)26(30,31)32/h7-11,14,18,20H,6,12-13H2,1-5H3/t18-,20+/m1/s1. The summed E-state index contributed by atoms with van der Waals surface area (Å²) in [6.07, 6.45) is -10.5. The molecule has 42 heavy (non-hydrogen) atoms. The van der Waals surface area contributed by atoms with E-state index in [1.165, 1.54) is 30.0 Å². The smallest absolute Gasteiger partial charge is 0.416 e. The van der Waals surface area contributed by atoms with E-state index in [2.05, 4.69) is 20.4 Å². The van der Waals surface area contributed by atoms with Gasteiger partial charge < -0.3 is 14.4 Å². The van der Waals surface area contributed by atoms with E-state index in [4.69, 9.17) is 9.47 Å². The van der Waals surface area contributed by atoms with Crippen LogP contribution >= 0.6 is 0 Å². The fourth-order valence-corrected chi connectivity index (χ4v) is 4.83. The molecule has 2 aromatic heterocycles. The van der Waals surface area contributed by atoms with Gasteiger partial charge in [-0.05, 0) is 61.7 Å². The third-order valence-electron chi connectivity index (χ3n) is 6.66. The predicted octanol–water partition coefficient (Wildman–Crippen LogP) is 5.93. The van der Waals surface area contributed by atoms with Gasteiger partial charge in [0.1, 0.15) is 0 Å². The van der Waals surface area contributed by atoms with Crippen molar-refractivity contribution in [3.8, 4) is 5.88 Å². The van der Waals surface area contributed by atoms with E-state index in [0.29, 0.717) is 24.2 Å². The Balaban J connectivity index is 1.89. The summed E-state index contributed by atoms with van der Waals surface area (Å²) < 4.78 is 92.7. The molecule has 3 heterocycles. The van der Waals surface area contributed by atoms with E-state index >= 15 is 0 Å². The maximum atomic E-state index is 13.6. The van der Waals surface area contributed by atoms with Gasteiger partial charge in [0.2, 0.25) is 5.88 Å². The number of hydrogen-bond donors (Lipinski definition) is 0. The summed E-state index contributed by atoms with van der Waals surface area (Å²) in [5.74, 6) is 0.119. The Morgan fingerprint density at radius 1 is 1.10 bits per heavy atom. The molecular weight excluding hydrogens is 572 g/mol. The highest BCUT2D eigenvalue weighted by Gasteiger charge is 2.42. The Kier molecular flexibility index (Phi) is 8.55. The van der Waals surface area contributed by atoms with Crippen LogP contribution in [0.15, 0.2) is 30.3 Å². The number of fused-ring (bicyclic) bond motifs is 1. The third kappa shape index (κ3) is 6.51. The quantitative estimate of drug-likeness (QED) is 0.307. The summed E-state index contributed by atoms with van der Waals surface area (Å²) in [4.78, 5) is 21.7. The summed E-state index contributed by atoms with van der Waals surface area (Å²) in [5.41, 5.74) is -2.56. The van der Waals surface area contributed by atoms with Crippen molar-refractivity contribution >= 4 is 17.7 Å². The Labute approximate surface area is 237 Å². The lowest BCUT2D eigenvalue weighted by molar-refractivity contribution is -0.143. The van der Waals surface area contributed by atoms with Crippen molar-refractivity contribution in [2.45, 2.75) is 70.7 Å². The van der Waals surface area contributed by atoms with Crippen LogP contribution < -0.4 is 14.5 Å². The van der Waals surface area contributed by atoms with Crippen LogP contribution in [-0.2, 0) is 30.7 Å². The fourth-order valence-electron chi connectivity index (χ4n) is 4.83. The molecule has 0 N–H and O–H groups in total. The number of pyridine rings is 1. The monoisotopic (exact) mass is 601 g/mol. The number of ether oxygens (including phenoxy) is 2. The Hall–Kier alpha value is -4.11. The molecule has 1 aliphatic rings. The fraction of sp³-hybridized carbons (Fsp3) is 0.500. The number of tetrazole rings is 1. The molecule has 10 nitrogen and oxygen atoms in total. The largest absolute Gasteiger partial charge is 0.481 e. The second-order valence-electron chi connectivity index (χ2n) is 9.99. The second-order valence-corrected chi connectivity index (χ2v) is 9.99. The first kappa shape index (κ1) is 30.8. The van der Waals surface area contributed by atoms with Crippen LogP contribution in [0.1, 0.15) is 62.0 Å². The number of hydrogen-bond acceptors (Lipinski definition) is 8. The summed E-state index contributed by atoms with van der Waals surface area (Å²) in [6, 6.07) is 3.24. The molecule has 16 heteroatoms. The van der Waals surface area contributed by atoms with Gasteiger partial charge >= 0.3 is 18.4 Å². The number of aryl methyl sites for hydroxylation is 1. The number of amides is 1. The molecule has 1 aromatic carbocycles. The summed E-state index contributed by atoms with van der Waals surface area (Å²) >= 11 is 0. The molecule has 3 aromatic rings. The molecule has 4 rings (SSSR count). The van der Waals surface area contributed by atoms with Crippen molar-refractivity contribution in [3.63, 3.8) is 0 Å². The number of rotatable bonds is 7. The number of nitrogens with zero attached hydrogens (tertiary/aromatic N) is 7. The van der Waals surface area contributed by atoms with Gasteiger partial charge in [-0.15, -0.1) is 5.10 Å². The highest BCUT2D eigenvalue weighted by Crippen LogP contribution is 2.44. The van der Waals surface area contributed by atoms with E-state index in [9.17, 15) is 31.1 Å². The van der Waals surface area contributed by atoms with Crippen molar-refractivity contribution in [2.24, 2.45) is 7.05 Å². The molecule has 0 bridgehead atoms. The molecule has 0 radical (unpaired) electrons. The number of aromatic nitrogens is 5.